The largest absolute Gasteiger partial charge is 0.456 e. The standard InChI is InChI=1S/C21H20F4N2O3/c1-11-7-14(22)4-6-17(11)30-18-8-13(21(23,24)25)3-5-15(18)20(29)27-16-9-19(28)26-10-12(16)2/h3-8,12,16H,9-10H2,1-2H3,(H,26,28)(H,27,29). The van der Waals surface area contributed by atoms with E-state index in [1.165, 1.54) is 19.1 Å². The number of aryl methyl sites for hydroxylation is 1. The van der Waals surface area contributed by atoms with Crippen molar-refractivity contribution in [2.75, 3.05) is 6.54 Å². The Morgan fingerprint density at radius 1 is 1.17 bits per heavy atom. The smallest absolute Gasteiger partial charge is 0.416 e. The number of ether oxygens (including phenoxy) is 1. The molecule has 0 saturated carbocycles. The Kier molecular flexibility index (Phi) is 6.00. The number of hydrogen-bond donors (Lipinski definition) is 2. The minimum Gasteiger partial charge on any atom is -0.456 e. The predicted octanol–water partition coefficient (Wildman–Crippen LogP) is 4.20. The first-order chi connectivity index (χ1) is 14.0. The summed E-state index contributed by atoms with van der Waals surface area (Å²) in [5.41, 5.74) is -0.750. The highest BCUT2D eigenvalue weighted by Crippen LogP contribution is 2.36. The SMILES string of the molecule is Cc1cc(F)ccc1Oc1cc(C(F)(F)F)ccc1C(=O)NC1CC(=O)NCC1C. The van der Waals surface area contributed by atoms with Crippen LogP contribution in [0.5, 0.6) is 11.5 Å². The van der Waals surface area contributed by atoms with E-state index in [4.69, 9.17) is 4.74 Å². The van der Waals surface area contributed by atoms with Crippen LogP contribution in [0.25, 0.3) is 0 Å². The lowest BCUT2D eigenvalue weighted by atomic mass is 9.94. The molecule has 1 aliphatic heterocycles. The van der Waals surface area contributed by atoms with E-state index in [1.807, 2.05) is 6.92 Å². The summed E-state index contributed by atoms with van der Waals surface area (Å²) in [5, 5.41) is 5.39. The van der Waals surface area contributed by atoms with Gasteiger partial charge in [0.05, 0.1) is 11.1 Å². The van der Waals surface area contributed by atoms with Crippen molar-refractivity contribution < 1.29 is 31.9 Å². The molecule has 2 N–H and O–H groups in total. The molecule has 0 aromatic heterocycles. The van der Waals surface area contributed by atoms with Gasteiger partial charge in [0.2, 0.25) is 5.91 Å². The van der Waals surface area contributed by atoms with Gasteiger partial charge in [0.15, 0.2) is 0 Å². The number of nitrogens with one attached hydrogen (secondary N) is 2. The fourth-order valence-corrected chi connectivity index (χ4v) is 3.15. The molecule has 3 rings (SSSR count). The summed E-state index contributed by atoms with van der Waals surface area (Å²) in [6.07, 6.45) is -4.57. The van der Waals surface area contributed by atoms with Crippen molar-refractivity contribution in [3.8, 4) is 11.5 Å². The van der Waals surface area contributed by atoms with Crippen molar-refractivity contribution in [1.29, 1.82) is 0 Å². The summed E-state index contributed by atoms with van der Waals surface area (Å²) >= 11 is 0. The molecule has 2 atom stereocenters. The molecule has 160 valence electrons. The molecular formula is C21H20F4N2O3. The zero-order valence-corrected chi connectivity index (χ0v) is 16.3. The van der Waals surface area contributed by atoms with Crippen LogP contribution < -0.4 is 15.4 Å². The van der Waals surface area contributed by atoms with E-state index in [0.29, 0.717) is 12.1 Å². The molecule has 0 radical (unpaired) electrons. The van der Waals surface area contributed by atoms with Crippen molar-refractivity contribution in [2.45, 2.75) is 32.5 Å². The molecule has 30 heavy (non-hydrogen) atoms. The van der Waals surface area contributed by atoms with Crippen molar-refractivity contribution in [3.05, 3.63) is 58.9 Å². The van der Waals surface area contributed by atoms with Crippen LogP contribution in [-0.4, -0.2) is 24.4 Å². The maximum Gasteiger partial charge on any atom is 0.416 e. The molecule has 1 heterocycles. The van der Waals surface area contributed by atoms with Crippen molar-refractivity contribution in [1.82, 2.24) is 10.6 Å². The number of carbonyl (C=O) groups excluding carboxylic acids is 2. The third-order valence-electron chi connectivity index (χ3n) is 4.94. The topological polar surface area (TPSA) is 67.4 Å². The zero-order valence-electron chi connectivity index (χ0n) is 16.3. The Bertz CT molecular complexity index is 975. The van der Waals surface area contributed by atoms with Crippen LogP contribution in [0.15, 0.2) is 36.4 Å². The van der Waals surface area contributed by atoms with Gasteiger partial charge < -0.3 is 15.4 Å². The molecule has 1 aliphatic rings. The molecule has 1 fully saturated rings. The molecule has 2 amide bonds. The molecule has 0 aliphatic carbocycles. The predicted molar refractivity (Wildman–Crippen MR) is 101 cm³/mol. The molecule has 1 saturated heterocycles. The van der Waals surface area contributed by atoms with Gasteiger partial charge in [-0.1, -0.05) is 6.92 Å². The molecule has 2 aromatic carbocycles. The van der Waals surface area contributed by atoms with Gasteiger partial charge in [0, 0.05) is 19.0 Å². The van der Waals surface area contributed by atoms with Crippen molar-refractivity contribution in [3.63, 3.8) is 0 Å². The summed E-state index contributed by atoms with van der Waals surface area (Å²) in [7, 11) is 0. The maximum atomic E-state index is 13.3. The molecule has 2 aromatic rings. The maximum absolute atomic E-state index is 13.3. The number of halogens is 4. The normalized spacial score (nSPS) is 19.2. The first-order valence-corrected chi connectivity index (χ1v) is 9.27. The summed E-state index contributed by atoms with van der Waals surface area (Å²) in [5.74, 6) is -1.65. The minimum absolute atomic E-state index is 0.0511. The molecule has 0 spiro atoms. The molecule has 2 unspecified atom stereocenters. The van der Waals surface area contributed by atoms with Crippen LogP contribution in [0.1, 0.15) is 34.8 Å². The van der Waals surface area contributed by atoms with Crippen LogP contribution in [0.4, 0.5) is 17.6 Å². The number of amides is 2. The van der Waals surface area contributed by atoms with E-state index in [0.717, 1.165) is 24.3 Å². The van der Waals surface area contributed by atoms with Crippen LogP contribution in [0.3, 0.4) is 0 Å². The monoisotopic (exact) mass is 424 g/mol. The van der Waals surface area contributed by atoms with E-state index >= 15 is 0 Å². The fourth-order valence-electron chi connectivity index (χ4n) is 3.15. The van der Waals surface area contributed by atoms with Crippen molar-refractivity contribution >= 4 is 11.8 Å². The quantitative estimate of drug-likeness (QED) is 0.723. The second-order valence-electron chi connectivity index (χ2n) is 7.29. The van der Waals surface area contributed by atoms with Gasteiger partial charge in [0.25, 0.3) is 5.91 Å². The highest BCUT2D eigenvalue weighted by Gasteiger charge is 2.33. The average molecular weight is 424 g/mol. The van der Waals surface area contributed by atoms with Gasteiger partial charge >= 0.3 is 6.18 Å². The molecule has 9 heteroatoms. The molecule has 0 bridgehead atoms. The number of piperidine rings is 1. The van der Waals surface area contributed by atoms with Gasteiger partial charge in [-0.25, -0.2) is 4.39 Å². The van der Waals surface area contributed by atoms with E-state index in [2.05, 4.69) is 10.6 Å². The van der Waals surface area contributed by atoms with Crippen LogP contribution in [0, 0.1) is 18.7 Å². The van der Waals surface area contributed by atoms with E-state index in [9.17, 15) is 27.2 Å². The Labute approximate surface area is 170 Å². The number of hydrogen-bond acceptors (Lipinski definition) is 3. The van der Waals surface area contributed by atoms with Gasteiger partial charge in [-0.3, -0.25) is 9.59 Å². The van der Waals surface area contributed by atoms with Gasteiger partial charge in [0.1, 0.15) is 17.3 Å². The van der Waals surface area contributed by atoms with Crippen LogP contribution in [0.2, 0.25) is 0 Å². The van der Waals surface area contributed by atoms with Gasteiger partial charge in [-0.05, 0) is 54.8 Å². The highest BCUT2D eigenvalue weighted by molar-refractivity contribution is 5.97. The Hall–Kier alpha value is -3.10. The highest BCUT2D eigenvalue weighted by atomic mass is 19.4. The minimum atomic E-state index is -4.64. The Morgan fingerprint density at radius 3 is 2.57 bits per heavy atom. The number of benzene rings is 2. The third-order valence-corrected chi connectivity index (χ3v) is 4.94. The second-order valence-corrected chi connectivity index (χ2v) is 7.29. The second kappa shape index (κ2) is 8.33. The number of carbonyl (C=O) groups is 2. The van der Waals surface area contributed by atoms with Crippen LogP contribution in [-0.2, 0) is 11.0 Å². The lowest BCUT2D eigenvalue weighted by molar-refractivity contribution is -0.137. The number of rotatable bonds is 4. The summed E-state index contributed by atoms with van der Waals surface area (Å²) in [4.78, 5) is 24.4. The number of alkyl halides is 3. The van der Waals surface area contributed by atoms with Gasteiger partial charge in [-0.15, -0.1) is 0 Å². The van der Waals surface area contributed by atoms with Crippen LogP contribution >= 0.6 is 0 Å². The van der Waals surface area contributed by atoms with E-state index in [1.54, 1.807) is 0 Å². The zero-order chi connectivity index (χ0) is 22.1. The summed E-state index contributed by atoms with van der Waals surface area (Å²) < 4.78 is 58.5. The van der Waals surface area contributed by atoms with Crippen molar-refractivity contribution in [2.24, 2.45) is 5.92 Å². The first-order valence-electron chi connectivity index (χ1n) is 9.27. The summed E-state index contributed by atoms with van der Waals surface area (Å²) in [6.45, 7) is 3.76. The average Bonchev–Trinajstić information content (AvgIpc) is 2.66. The third kappa shape index (κ3) is 4.90. The molecule has 5 nitrogen and oxygen atoms in total. The Morgan fingerprint density at radius 2 is 1.90 bits per heavy atom. The van der Waals surface area contributed by atoms with E-state index < -0.39 is 29.5 Å². The fraction of sp³-hybridized carbons (Fsp3) is 0.333. The lowest BCUT2D eigenvalue weighted by Crippen LogP contribution is -2.50. The van der Waals surface area contributed by atoms with Gasteiger partial charge in [-0.2, -0.15) is 13.2 Å². The lowest BCUT2D eigenvalue weighted by Gasteiger charge is -2.29. The Balaban J connectivity index is 1.94. The summed E-state index contributed by atoms with van der Waals surface area (Å²) in [6, 6.07) is 5.64. The first kappa shape index (κ1) is 21.6. The molecular weight excluding hydrogens is 404 g/mol. The van der Waals surface area contributed by atoms with E-state index in [-0.39, 0.29) is 35.3 Å².